The molecule has 0 N–H and O–H groups in total. The van der Waals surface area contributed by atoms with Crippen LogP contribution in [-0.4, -0.2) is 53.9 Å². The van der Waals surface area contributed by atoms with Gasteiger partial charge in [-0.1, -0.05) is 97.9 Å². The molecule has 2 fully saturated rings. The Morgan fingerprint density at radius 2 is 1.35 bits per heavy atom. The summed E-state index contributed by atoms with van der Waals surface area (Å²) in [6, 6.07) is 31.1. The minimum atomic E-state index is -0.701. The summed E-state index contributed by atoms with van der Waals surface area (Å²) in [5, 5.41) is 0. The van der Waals surface area contributed by atoms with E-state index in [1.54, 1.807) is 0 Å². The average Bonchev–Trinajstić information content (AvgIpc) is 3.30. The number of carbonyl (C=O) groups is 2. The molecular formula is C35H42N2O3. The molecule has 0 radical (unpaired) electrons. The number of esters is 1. The van der Waals surface area contributed by atoms with Crippen molar-refractivity contribution >= 4 is 11.9 Å². The standard InChI is InChI=1S/C35H42N2O3/c1-4-32(38)40-34(28-14-8-5-9-15-28)21-24-36(25-22-34)23-20-31-26-37(27(2)3)33(39)35(31,29-16-10-6-11-17-29)30-18-12-7-13-19-30/h5-19,27,31H,4,20-26H2,1-3H3/t31-/m1/s1. The van der Waals surface area contributed by atoms with Gasteiger partial charge in [0, 0.05) is 50.9 Å². The van der Waals surface area contributed by atoms with E-state index in [1.165, 1.54) is 0 Å². The molecule has 40 heavy (non-hydrogen) atoms. The highest BCUT2D eigenvalue weighted by Gasteiger charge is 2.56. The first kappa shape index (κ1) is 28.1. The van der Waals surface area contributed by atoms with Gasteiger partial charge in [0.15, 0.2) is 0 Å². The van der Waals surface area contributed by atoms with Gasteiger partial charge in [0.25, 0.3) is 0 Å². The van der Waals surface area contributed by atoms with Crippen LogP contribution in [0.5, 0.6) is 0 Å². The summed E-state index contributed by atoms with van der Waals surface area (Å²) < 4.78 is 6.13. The fourth-order valence-electron chi connectivity index (χ4n) is 6.86. The summed E-state index contributed by atoms with van der Waals surface area (Å²) in [6.07, 6.45) is 2.83. The molecule has 3 aromatic rings. The highest BCUT2D eigenvalue weighted by atomic mass is 16.6. The topological polar surface area (TPSA) is 49.9 Å². The van der Waals surface area contributed by atoms with E-state index in [-0.39, 0.29) is 23.8 Å². The molecule has 3 aromatic carbocycles. The number of hydrogen-bond donors (Lipinski definition) is 0. The molecule has 1 amide bonds. The third-order valence-corrected chi connectivity index (χ3v) is 9.06. The molecule has 0 unspecified atom stereocenters. The van der Waals surface area contributed by atoms with Gasteiger partial charge < -0.3 is 14.5 Å². The minimum absolute atomic E-state index is 0.138. The summed E-state index contributed by atoms with van der Waals surface area (Å²) in [4.78, 5) is 31.4. The van der Waals surface area contributed by atoms with Crippen LogP contribution in [0.25, 0.3) is 0 Å². The van der Waals surface area contributed by atoms with Crippen LogP contribution >= 0.6 is 0 Å². The Bertz CT molecular complexity index is 1230. The van der Waals surface area contributed by atoms with Gasteiger partial charge in [0.1, 0.15) is 11.0 Å². The molecule has 0 aliphatic carbocycles. The van der Waals surface area contributed by atoms with Crippen LogP contribution in [0.1, 0.15) is 63.1 Å². The zero-order chi connectivity index (χ0) is 28.2. The van der Waals surface area contributed by atoms with Crippen LogP contribution in [0.2, 0.25) is 0 Å². The highest BCUT2D eigenvalue weighted by Crippen LogP contribution is 2.48. The van der Waals surface area contributed by atoms with Crippen LogP contribution in [-0.2, 0) is 25.3 Å². The second kappa shape index (κ2) is 12.0. The van der Waals surface area contributed by atoms with Crippen molar-refractivity contribution in [1.29, 1.82) is 0 Å². The van der Waals surface area contributed by atoms with Crippen molar-refractivity contribution < 1.29 is 14.3 Å². The molecule has 0 bridgehead atoms. The Kier molecular flexibility index (Phi) is 8.41. The molecule has 2 heterocycles. The molecular weight excluding hydrogens is 496 g/mol. The maximum atomic E-state index is 14.4. The van der Waals surface area contributed by atoms with Crippen molar-refractivity contribution in [2.75, 3.05) is 26.2 Å². The van der Waals surface area contributed by atoms with Gasteiger partial charge in [-0.15, -0.1) is 0 Å². The predicted octanol–water partition coefficient (Wildman–Crippen LogP) is 6.17. The molecule has 0 saturated carbocycles. The SMILES string of the molecule is CCC(=O)OC1(c2ccccc2)CCN(CC[C@@H]2CN(C(C)C)C(=O)C2(c2ccccc2)c2ccccc2)CC1. The van der Waals surface area contributed by atoms with Gasteiger partial charge in [-0.05, 0) is 43.5 Å². The normalized spacial score (nSPS) is 20.6. The van der Waals surface area contributed by atoms with Crippen LogP contribution in [0.3, 0.4) is 0 Å². The zero-order valence-corrected chi connectivity index (χ0v) is 24.1. The lowest BCUT2D eigenvalue weighted by Crippen LogP contribution is -2.47. The predicted molar refractivity (Wildman–Crippen MR) is 159 cm³/mol. The Labute approximate surface area is 239 Å². The molecule has 5 heteroatoms. The quantitative estimate of drug-likeness (QED) is 0.306. The number of carbonyl (C=O) groups excluding carboxylic acids is 2. The lowest BCUT2D eigenvalue weighted by molar-refractivity contribution is -0.166. The molecule has 2 aliphatic heterocycles. The van der Waals surface area contributed by atoms with E-state index in [0.717, 1.165) is 62.1 Å². The third kappa shape index (κ3) is 5.19. The Hall–Kier alpha value is -3.44. The molecule has 5 rings (SSSR count). The maximum Gasteiger partial charge on any atom is 0.306 e. The second-order valence-electron chi connectivity index (χ2n) is 11.6. The molecule has 2 saturated heterocycles. The first-order valence-corrected chi connectivity index (χ1v) is 14.8. The molecule has 2 aliphatic rings. The monoisotopic (exact) mass is 538 g/mol. The Morgan fingerprint density at radius 3 is 1.82 bits per heavy atom. The van der Waals surface area contributed by atoms with Gasteiger partial charge in [-0.2, -0.15) is 0 Å². The van der Waals surface area contributed by atoms with Crippen molar-refractivity contribution in [3.63, 3.8) is 0 Å². The largest absolute Gasteiger partial charge is 0.454 e. The van der Waals surface area contributed by atoms with E-state index < -0.39 is 11.0 Å². The van der Waals surface area contributed by atoms with Crippen molar-refractivity contribution in [3.05, 3.63) is 108 Å². The molecule has 210 valence electrons. The van der Waals surface area contributed by atoms with Crippen LogP contribution in [0.15, 0.2) is 91.0 Å². The number of rotatable bonds is 9. The molecule has 5 nitrogen and oxygen atoms in total. The number of amides is 1. The van der Waals surface area contributed by atoms with Crippen LogP contribution in [0.4, 0.5) is 0 Å². The first-order valence-electron chi connectivity index (χ1n) is 14.8. The fourth-order valence-corrected chi connectivity index (χ4v) is 6.86. The van der Waals surface area contributed by atoms with Crippen molar-refractivity contribution in [3.8, 4) is 0 Å². The summed E-state index contributed by atoms with van der Waals surface area (Å²) >= 11 is 0. The van der Waals surface area contributed by atoms with Crippen molar-refractivity contribution in [1.82, 2.24) is 9.80 Å². The van der Waals surface area contributed by atoms with Crippen molar-refractivity contribution in [2.24, 2.45) is 5.92 Å². The van der Waals surface area contributed by atoms with Crippen molar-refractivity contribution in [2.45, 2.75) is 63.5 Å². The van der Waals surface area contributed by atoms with E-state index in [0.29, 0.717) is 6.42 Å². The summed E-state index contributed by atoms with van der Waals surface area (Å²) in [5.41, 5.74) is 1.96. The minimum Gasteiger partial charge on any atom is -0.454 e. The number of ether oxygens (including phenoxy) is 1. The van der Waals surface area contributed by atoms with E-state index in [2.05, 4.69) is 60.0 Å². The maximum absolute atomic E-state index is 14.4. The van der Waals surface area contributed by atoms with Crippen LogP contribution < -0.4 is 0 Å². The highest BCUT2D eigenvalue weighted by molar-refractivity contribution is 5.95. The van der Waals surface area contributed by atoms with E-state index in [4.69, 9.17) is 4.74 Å². The van der Waals surface area contributed by atoms with E-state index in [9.17, 15) is 9.59 Å². The number of nitrogens with zero attached hydrogens (tertiary/aromatic N) is 2. The van der Waals surface area contributed by atoms with E-state index >= 15 is 0 Å². The van der Waals surface area contributed by atoms with Gasteiger partial charge >= 0.3 is 5.97 Å². The summed E-state index contributed by atoms with van der Waals surface area (Å²) in [7, 11) is 0. The third-order valence-electron chi connectivity index (χ3n) is 9.06. The fraction of sp³-hybridized carbons (Fsp3) is 0.429. The molecule has 0 spiro atoms. The smallest absolute Gasteiger partial charge is 0.306 e. The zero-order valence-electron chi connectivity index (χ0n) is 24.1. The van der Waals surface area contributed by atoms with Gasteiger partial charge in [-0.25, -0.2) is 0 Å². The van der Waals surface area contributed by atoms with Crippen LogP contribution in [0, 0.1) is 5.92 Å². The number of benzene rings is 3. The first-order chi connectivity index (χ1) is 19.4. The van der Waals surface area contributed by atoms with Gasteiger partial charge in [-0.3, -0.25) is 9.59 Å². The molecule has 0 aromatic heterocycles. The lowest BCUT2D eigenvalue weighted by Gasteiger charge is -2.42. The Balaban J connectivity index is 1.39. The molecule has 1 atom stereocenters. The summed E-state index contributed by atoms with van der Waals surface area (Å²) in [6.45, 7) is 9.44. The lowest BCUT2D eigenvalue weighted by atomic mass is 9.66. The van der Waals surface area contributed by atoms with Gasteiger partial charge in [0.2, 0.25) is 5.91 Å². The van der Waals surface area contributed by atoms with Gasteiger partial charge in [0.05, 0.1) is 0 Å². The average molecular weight is 539 g/mol. The second-order valence-corrected chi connectivity index (χ2v) is 11.6. The number of piperidine rings is 1. The number of likely N-dealkylation sites (tertiary alicyclic amines) is 2. The van der Waals surface area contributed by atoms with E-state index in [1.807, 2.05) is 61.5 Å². The summed E-state index contributed by atoms with van der Waals surface area (Å²) in [5.74, 6) is 0.204. The Morgan fingerprint density at radius 1 is 0.850 bits per heavy atom. The number of hydrogen-bond acceptors (Lipinski definition) is 4.